The molecule has 126 valence electrons. The first kappa shape index (κ1) is 17.2. The summed E-state index contributed by atoms with van der Waals surface area (Å²) in [4.78, 5) is 8.73. The van der Waals surface area contributed by atoms with E-state index in [1.54, 1.807) is 4.52 Å². The Balaban J connectivity index is 1.56. The van der Waals surface area contributed by atoms with Crippen LogP contribution in [0, 0.1) is 13.8 Å². The Hall–Kier alpha value is -1.64. The van der Waals surface area contributed by atoms with Crippen molar-refractivity contribution in [3.63, 3.8) is 0 Å². The molecule has 2 heterocycles. The van der Waals surface area contributed by atoms with Crippen LogP contribution in [-0.4, -0.2) is 43.2 Å². The quantitative estimate of drug-likeness (QED) is 0.631. The van der Waals surface area contributed by atoms with Crippen molar-refractivity contribution in [1.29, 1.82) is 0 Å². The molecule has 0 saturated heterocycles. The zero-order chi connectivity index (χ0) is 17.1. The van der Waals surface area contributed by atoms with Gasteiger partial charge in [0.2, 0.25) is 5.16 Å². The van der Waals surface area contributed by atoms with Gasteiger partial charge in [0, 0.05) is 21.6 Å². The van der Waals surface area contributed by atoms with Crippen LogP contribution in [0.5, 0.6) is 5.75 Å². The number of hydrogen-bond acceptors (Lipinski definition) is 6. The van der Waals surface area contributed by atoms with E-state index in [9.17, 15) is 5.11 Å². The lowest BCUT2D eigenvalue weighted by atomic mass is 10.3. The van der Waals surface area contributed by atoms with Crippen molar-refractivity contribution in [2.45, 2.75) is 25.1 Å². The van der Waals surface area contributed by atoms with E-state index in [-0.39, 0.29) is 6.61 Å². The summed E-state index contributed by atoms with van der Waals surface area (Å²) in [6, 6.07) is 9.48. The van der Waals surface area contributed by atoms with Crippen molar-refractivity contribution in [1.82, 2.24) is 19.6 Å². The average Bonchev–Trinajstić information content (AvgIpc) is 2.94. The van der Waals surface area contributed by atoms with Crippen LogP contribution in [0.4, 0.5) is 0 Å². The highest BCUT2D eigenvalue weighted by Gasteiger charge is 2.12. The Morgan fingerprint density at radius 2 is 2.12 bits per heavy atom. The Bertz CT molecular complexity index is 855. The van der Waals surface area contributed by atoms with Gasteiger partial charge in [0.25, 0.3) is 5.78 Å². The number of ether oxygens (including phenoxy) is 1. The van der Waals surface area contributed by atoms with Gasteiger partial charge in [-0.1, -0.05) is 33.8 Å². The third kappa shape index (κ3) is 4.25. The van der Waals surface area contributed by atoms with Crippen LogP contribution >= 0.6 is 27.7 Å². The van der Waals surface area contributed by atoms with Gasteiger partial charge in [-0.05, 0) is 38.1 Å². The number of aromatic nitrogens is 4. The lowest BCUT2D eigenvalue weighted by Gasteiger charge is -2.11. The molecule has 0 spiro atoms. The largest absolute Gasteiger partial charge is 0.491 e. The van der Waals surface area contributed by atoms with Crippen LogP contribution in [0.2, 0.25) is 0 Å². The molecule has 8 heteroatoms. The molecular weight excluding hydrogens is 392 g/mol. The molecule has 0 amide bonds. The molecule has 1 aromatic carbocycles. The topological polar surface area (TPSA) is 72.5 Å². The van der Waals surface area contributed by atoms with E-state index in [0.717, 1.165) is 21.6 Å². The summed E-state index contributed by atoms with van der Waals surface area (Å²) in [6.45, 7) is 4.11. The zero-order valence-corrected chi connectivity index (χ0v) is 15.7. The van der Waals surface area contributed by atoms with E-state index in [0.29, 0.717) is 16.7 Å². The first-order chi connectivity index (χ1) is 11.5. The summed E-state index contributed by atoms with van der Waals surface area (Å²) in [5.74, 6) is 1.74. The monoisotopic (exact) mass is 408 g/mol. The summed E-state index contributed by atoms with van der Waals surface area (Å²) in [5, 5.41) is 15.1. The molecule has 24 heavy (non-hydrogen) atoms. The minimum absolute atomic E-state index is 0.215. The van der Waals surface area contributed by atoms with Gasteiger partial charge >= 0.3 is 0 Å². The molecule has 0 radical (unpaired) electrons. The third-order valence-corrected chi connectivity index (χ3v) is 4.72. The molecule has 0 saturated carbocycles. The number of benzene rings is 1. The van der Waals surface area contributed by atoms with Crippen LogP contribution in [-0.2, 0) is 0 Å². The van der Waals surface area contributed by atoms with Crippen molar-refractivity contribution >= 4 is 33.5 Å². The molecule has 3 aromatic rings. The molecule has 1 atom stereocenters. The highest BCUT2D eigenvalue weighted by molar-refractivity contribution is 9.10. The van der Waals surface area contributed by atoms with E-state index in [1.807, 2.05) is 44.2 Å². The minimum Gasteiger partial charge on any atom is -0.491 e. The van der Waals surface area contributed by atoms with E-state index in [1.165, 1.54) is 11.8 Å². The van der Waals surface area contributed by atoms with Gasteiger partial charge in [0.1, 0.15) is 12.4 Å². The maximum absolute atomic E-state index is 10.1. The standard InChI is InChI=1S/C16H17BrN4O2S/c1-10-6-11(2)21-15(18-10)19-16(20-21)24-9-13(22)8-23-14-5-3-4-12(17)7-14/h3-7,13,22H,8-9H2,1-2H3/t13-/m1/s1. The van der Waals surface area contributed by atoms with Gasteiger partial charge in [-0.2, -0.15) is 4.98 Å². The fourth-order valence-electron chi connectivity index (χ4n) is 2.18. The molecule has 0 bridgehead atoms. The second-order valence-electron chi connectivity index (χ2n) is 5.38. The van der Waals surface area contributed by atoms with Crippen LogP contribution in [0.25, 0.3) is 5.78 Å². The molecule has 0 unspecified atom stereocenters. The first-order valence-corrected chi connectivity index (χ1v) is 9.19. The number of thioether (sulfide) groups is 1. The second kappa shape index (κ2) is 7.50. The molecule has 0 aliphatic carbocycles. The number of nitrogens with zero attached hydrogens (tertiary/aromatic N) is 4. The van der Waals surface area contributed by atoms with Crippen LogP contribution in [0.1, 0.15) is 11.4 Å². The lowest BCUT2D eigenvalue weighted by molar-refractivity contribution is 0.126. The fourth-order valence-corrected chi connectivity index (χ4v) is 3.28. The second-order valence-corrected chi connectivity index (χ2v) is 7.28. The van der Waals surface area contributed by atoms with E-state index in [4.69, 9.17) is 4.74 Å². The maximum atomic E-state index is 10.1. The highest BCUT2D eigenvalue weighted by Crippen LogP contribution is 2.19. The van der Waals surface area contributed by atoms with Crippen molar-refractivity contribution in [3.8, 4) is 5.75 Å². The van der Waals surface area contributed by atoms with Gasteiger partial charge in [0.15, 0.2) is 0 Å². The number of rotatable bonds is 6. The number of fused-ring (bicyclic) bond motifs is 1. The van der Waals surface area contributed by atoms with Gasteiger partial charge in [-0.3, -0.25) is 0 Å². The number of aryl methyl sites for hydroxylation is 2. The molecule has 2 aromatic heterocycles. The third-order valence-electron chi connectivity index (χ3n) is 3.24. The lowest BCUT2D eigenvalue weighted by Crippen LogP contribution is -2.20. The average molecular weight is 409 g/mol. The maximum Gasteiger partial charge on any atom is 0.253 e. The van der Waals surface area contributed by atoms with Crippen molar-refractivity contribution in [2.24, 2.45) is 0 Å². The number of aliphatic hydroxyl groups is 1. The molecule has 0 aliphatic heterocycles. The summed E-state index contributed by atoms with van der Waals surface area (Å²) >= 11 is 4.77. The SMILES string of the molecule is Cc1cc(C)n2nc(SC[C@H](O)COc3cccc(Br)c3)nc2n1. The van der Waals surface area contributed by atoms with E-state index in [2.05, 4.69) is 31.0 Å². The molecule has 0 aliphatic rings. The summed E-state index contributed by atoms with van der Waals surface area (Å²) in [7, 11) is 0. The van der Waals surface area contributed by atoms with Crippen molar-refractivity contribution in [3.05, 3.63) is 46.2 Å². The smallest absolute Gasteiger partial charge is 0.253 e. The predicted molar refractivity (Wildman–Crippen MR) is 96.6 cm³/mol. The van der Waals surface area contributed by atoms with Crippen LogP contribution in [0.15, 0.2) is 40.0 Å². The highest BCUT2D eigenvalue weighted by atomic mass is 79.9. The van der Waals surface area contributed by atoms with E-state index < -0.39 is 6.10 Å². The number of aliphatic hydroxyl groups excluding tert-OH is 1. The molecule has 6 nitrogen and oxygen atoms in total. The Kier molecular flexibility index (Phi) is 5.37. The Morgan fingerprint density at radius 3 is 2.92 bits per heavy atom. The Morgan fingerprint density at radius 1 is 1.29 bits per heavy atom. The molecule has 0 fully saturated rings. The van der Waals surface area contributed by atoms with Crippen molar-refractivity contribution < 1.29 is 9.84 Å². The van der Waals surface area contributed by atoms with Crippen LogP contribution < -0.4 is 4.74 Å². The minimum atomic E-state index is -0.614. The summed E-state index contributed by atoms with van der Waals surface area (Å²) in [5.41, 5.74) is 1.89. The first-order valence-electron chi connectivity index (χ1n) is 7.41. The normalized spacial score (nSPS) is 12.5. The van der Waals surface area contributed by atoms with Crippen molar-refractivity contribution in [2.75, 3.05) is 12.4 Å². The van der Waals surface area contributed by atoms with E-state index >= 15 is 0 Å². The molecular formula is C16H17BrN4O2S. The van der Waals surface area contributed by atoms with Crippen LogP contribution in [0.3, 0.4) is 0 Å². The molecule has 1 N–H and O–H groups in total. The van der Waals surface area contributed by atoms with Gasteiger partial charge in [0.05, 0.1) is 6.10 Å². The zero-order valence-electron chi connectivity index (χ0n) is 13.3. The van der Waals surface area contributed by atoms with Gasteiger partial charge in [-0.15, -0.1) is 5.10 Å². The summed E-state index contributed by atoms with van der Waals surface area (Å²) in [6.07, 6.45) is -0.614. The summed E-state index contributed by atoms with van der Waals surface area (Å²) < 4.78 is 8.23. The van der Waals surface area contributed by atoms with Gasteiger partial charge < -0.3 is 9.84 Å². The van der Waals surface area contributed by atoms with Gasteiger partial charge in [-0.25, -0.2) is 9.50 Å². The number of halogens is 1. The Labute approximate surface area is 152 Å². The fraction of sp³-hybridized carbons (Fsp3) is 0.312. The predicted octanol–water partition coefficient (Wildman–Crippen LogP) is 3.04. The molecule has 3 rings (SSSR count). The number of hydrogen-bond donors (Lipinski definition) is 1.